The van der Waals surface area contributed by atoms with Crippen molar-refractivity contribution >= 4 is 5.91 Å². The molecule has 0 radical (unpaired) electrons. The van der Waals surface area contributed by atoms with Crippen molar-refractivity contribution < 1.29 is 4.79 Å². The largest absolute Gasteiger partial charge is 0.348 e. The molecule has 1 aromatic rings. The van der Waals surface area contributed by atoms with E-state index in [0.29, 0.717) is 6.42 Å². The highest BCUT2D eigenvalue weighted by Gasteiger charge is 2.17. The van der Waals surface area contributed by atoms with Gasteiger partial charge in [-0.3, -0.25) is 4.79 Å². The van der Waals surface area contributed by atoms with Gasteiger partial charge in [0.15, 0.2) is 0 Å². The second kappa shape index (κ2) is 5.92. The van der Waals surface area contributed by atoms with Crippen LogP contribution < -0.4 is 5.32 Å². The van der Waals surface area contributed by atoms with Crippen LogP contribution in [0.25, 0.3) is 0 Å². The van der Waals surface area contributed by atoms with Gasteiger partial charge in [-0.2, -0.15) is 5.26 Å². The van der Waals surface area contributed by atoms with Crippen molar-refractivity contribution in [1.82, 2.24) is 5.32 Å². The molecule has 0 aliphatic heterocycles. The van der Waals surface area contributed by atoms with Crippen LogP contribution in [-0.4, -0.2) is 5.91 Å². The summed E-state index contributed by atoms with van der Waals surface area (Å²) in [6.45, 7) is 3.75. The molecule has 0 aliphatic carbocycles. The topological polar surface area (TPSA) is 52.9 Å². The first-order valence-corrected chi connectivity index (χ1v) is 5.44. The predicted octanol–water partition coefficient (Wildman–Crippen LogP) is 2.41. The molecule has 3 heteroatoms. The summed E-state index contributed by atoms with van der Waals surface area (Å²) in [6, 6.07) is 11.6. The van der Waals surface area contributed by atoms with Crippen LogP contribution in [0.4, 0.5) is 0 Å². The molecule has 16 heavy (non-hydrogen) atoms. The minimum absolute atomic E-state index is 0.0592. The number of hydrogen-bond donors (Lipinski definition) is 1. The van der Waals surface area contributed by atoms with Gasteiger partial charge in [0.1, 0.15) is 5.92 Å². The van der Waals surface area contributed by atoms with Gasteiger partial charge in [-0.05, 0) is 18.9 Å². The number of amides is 1. The van der Waals surface area contributed by atoms with Crippen LogP contribution in [0.15, 0.2) is 30.3 Å². The molecule has 0 bridgehead atoms. The molecule has 84 valence electrons. The Labute approximate surface area is 96.1 Å². The molecule has 0 fully saturated rings. The Morgan fingerprint density at radius 2 is 2.06 bits per heavy atom. The number of hydrogen-bond acceptors (Lipinski definition) is 2. The zero-order chi connectivity index (χ0) is 12.0. The number of nitrogens with zero attached hydrogens (tertiary/aromatic N) is 1. The maximum absolute atomic E-state index is 11.7. The second-order valence-corrected chi connectivity index (χ2v) is 3.73. The quantitative estimate of drug-likeness (QED) is 0.840. The molecule has 0 heterocycles. The van der Waals surface area contributed by atoms with Crippen LogP contribution in [-0.2, 0) is 4.79 Å². The van der Waals surface area contributed by atoms with Crippen LogP contribution in [0.5, 0.6) is 0 Å². The molecule has 3 nitrogen and oxygen atoms in total. The van der Waals surface area contributed by atoms with Gasteiger partial charge in [-0.25, -0.2) is 0 Å². The summed E-state index contributed by atoms with van der Waals surface area (Å²) in [7, 11) is 0. The zero-order valence-corrected chi connectivity index (χ0v) is 9.60. The highest BCUT2D eigenvalue weighted by Crippen LogP contribution is 2.12. The van der Waals surface area contributed by atoms with E-state index in [1.54, 1.807) is 0 Å². The van der Waals surface area contributed by atoms with E-state index in [-0.39, 0.29) is 11.9 Å². The molecular weight excluding hydrogens is 200 g/mol. The van der Waals surface area contributed by atoms with Gasteiger partial charge in [-0.1, -0.05) is 37.3 Å². The monoisotopic (exact) mass is 216 g/mol. The van der Waals surface area contributed by atoms with Crippen LogP contribution >= 0.6 is 0 Å². The van der Waals surface area contributed by atoms with Gasteiger partial charge < -0.3 is 5.32 Å². The van der Waals surface area contributed by atoms with Crippen LogP contribution in [0.3, 0.4) is 0 Å². The van der Waals surface area contributed by atoms with Crippen LogP contribution in [0.2, 0.25) is 0 Å². The SMILES string of the molecule is CCC(C#N)C(=O)NC(C)c1ccccc1. The number of carbonyl (C=O) groups excluding carboxylic acids is 1. The molecule has 1 N–H and O–H groups in total. The Hall–Kier alpha value is -1.82. The van der Waals surface area contributed by atoms with E-state index in [0.717, 1.165) is 5.56 Å². The third-order valence-corrected chi connectivity index (χ3v) is 2.54. The Morgan fingerprint density at radius 3 is 2.56 bits per heavy atom. The second-order valence-electron chi connectivity index (χ2n) is 3.73. The normalized spacial score (nSPS) is 13.6. The summed E-state index contributed by atoms with van der Waals surface area (Å²) in [5.74, 6) is -0.743. The number of benzene rings is 1. The molecular formula is C13H16N2O. The van der Waals surface area contributed by atoms with E-state index < -0.39 is 5.92 Å². The molecule has 2 unspecified atom stereocenters. The number of rotatable bonds is 4. The van der Waals surface area contributed by atoms with Crippen molar-refractivity contribution in [2.24, 2.45) is 5.92 Å². The third kappa shape index (κ3) is 3.09. The molecule has 0 aromatic heterocycles. The number of nitriles is 1. The lowest BCUT2D eigenvalue weighted by Crippen LogP contribution is -2.31. The van der Waals surface area contributed by atoms with Crippen molar-refractivity contribution in [3.8, 4) is 6.07 Å². The minimum Gasteiger partial charge on any atom is -0.348 e. The Bertz CT molecular complexity index is 381. The van der Waals surface area contributed by atoms with Gasteiger partial charge in [0.05, 0.1) is 12.1 Å². The first-order valence-electron chi connectivity index (χ1n) is 5.44. The van der Waals surface area contributed by atoms with E-state index in [9.17, 15) is 4.79 Å². The number of nitrogens with one attached hydrogen (secondary N) is 1. The van der Waals surface area contributed by atoms with Gasteiger partial charge >= 0.3 is 0 Å². The molecule has 1 aromatic carbocycles. The lowest BCUT2D eigenvalue weighted by molar-refractivity contribution is -0.124. The molecule has 1 amide bonds. The number of carbonyl (C=O) groups is 1. The summed E-state index contributed by atoms with van der Waals surface area (Å²) in [5, 5.41) is 11.6. The highest BCUT2D eigenvalue weighted by atomic mass is 16.1. The average molecular weight is 216 g/mol. The van der Waals surface area contributed by atoms with Gasteiger partial charge in [0.2, 0.25) is 5.91 Å². The van der Waals surface area contributed by atoms with Crippen LogP contribution in [0.1, 0.15) is 31.9 Å². The van der Waals surface area contributed by atoms with E-state index in [2.05, 4.69) is 5.32 Å². The highest BCUT2D eigenvalue weighted by molar-refractivity contribution is 5.81. The van der Waals surface area contributed by atoms with Crippen molar-refractivity contribution in [2.75, 3.05) is 0 Å². The zero-order valence-electron chi connectivity index (χ0n) is 9.60. The molecule has 0 aliphatic rings. The fourth-order valence-corrected chi connectivity index (χ4v) is 1.47. The van der Waals surface area contributed by atoms with Crippen LogP contribution in [0, 0.1) is 17.2 Å². The van der Waals surface area contributed by atoms with Crippen molar-refractivity contribution in [1.29, 1.82) is 5.26 Å². The predicted molar refractivity (Wildman–Crippen MR) is 62.4 cm³/mol. The summed E-state index contributed by atoms with van der Waals surface area (Å²) in [6.07, 6.45) is 0.545. The molecule has 2 atom stereocenters. The lowest BCUT2D eigenvalue weighted by Gasteiger charge is -2.15. The van der Waals surface area contributed by atoms with E-state index in [4.69, 9.17) is 5.26 Å². The van der Waals surface area contributed by atoms with Gasteiger partial charge in [-0.15, -0.1) is 0 Å². The maximum Gasteiger partial charge on any atom is 0.237 e. The van der Waals surface area contributed by atoms with Crippen molar-refractivity contribution in [3.63, 3.8) is 0 Å². The van der Waals surface area contributed by atoms with Gasteiger partial charge in [0, 0.05) is 0 Å². The molecule has 1 rings (SSSR count). The summed E-state index contributed by atoms with van der Waals surface area (Å²) in [4.78, 5) is 11.7. The Balaban J connectivity index is 2.62. The summed E-state index contributed by atoms with van der Waals surface area (Å²) >= 11 is 0. The Kier molecular flexibility index (Phi) is 4.53. The first kappa shape index (κ1) is 12.3. The molecule has 0 saturated heterocycles. The summed E-state index contributed by atoms with van der Waals surface area (Å²) in [5.41, 5.74) is 1.05. The molecule has 0 spiro atoms. The van der Waals surface area contributed by atoms with Crippen molar-refractivity contribution in [2.45, 2.75) is 26.3 Å². The van der Waals surface area contributed by atoms with E-state index >= 15 is 0 Å². The van der Waals surface area contributed by atoms with Crippen molar-refractivity contribution in [3.05, 3.63) is 35.9 Å². The lowest BCUT2D eigenvalue weighted by atomic mass is 10.1. The van der Waals surface area contributed by atoms with E-state index in [1.165, 1.54) is 0 Å². The molecule has 0 saturated carbocycles. The standard InChI is InChI=1S/C13H16N2O/c1-3-11(9-14)13(16)15-10(2)12-7-5-4-6-8-12/h4-8,10-11H,3H2,1-2H3,(H,15,16). The summed E-state index contributed by atoms with van der Waals surface area (Å²) < 4.78 is 0. The third-order valence-electron chi connectivity index (χ3n) is 2.54. The minimum atomic E-state index is -0.550. The Morgan fingerprint density at radius 1 is 1.44 bits per heavy atom. The van der Waals surface area contributed by atoms with E-state index in [1.807, 2.05) is 50.2 Å². The average Bonchev–Trinajstić information content (AvgIpc) is 2.31. The van der Waals surface area contributed by atoms with Gasteiger partial charge in [0.25, 0.3) is 0 Å². The fourth-order valence-electron chi connectivity index (χ4n) is 1.47. The maximum atomic E-state index is 11.7. The first-order chi connectivity index (χ1) is 7.69. The fraction of sp³-hybridized carbons (Fsp3) is 0.385. The smallest absolute Gasteiger partial charge is 0.237 e.